The summed E-state index contributed by atoms with van der Waals surface area (Å²) in [4.78, 5) is 10.1. The highest BCUT2D eigenvalue weighted by Gasteiger charge is 2.13. The van der Waals surface area contributed by atoms with Crippen LogP contribution in [0.1, 0.15) is 0 Å². The maximum atomic E-state index is 5.15. The molecular weight excluding hydrogens is 364 g/mol. The zero-order valence-electron chi connectivity index (χ0n) is 16.3. The number of benzene rings is 5. The van der Waals surface area contributed by atoms with Crippen LogP contribution in [0.5, 0.6) is 0 Å². The first-order valence-electron chi connectivity index (χ1n) is 10.1. The van der Waals surface area contributed by atoms with Gasteiger partial charge >= 0.3 is 0 Å². The number of nitrogens with zero attached hydrogens (tertiary/aromatic N) is 2. The van der Waals surface area contributed by atoms with Crippen molar-refractivity contribution in [2.75, 3.05) is 0 Å². The van der Waals surface area contributed by atoms with Crippen LogP contribution in [0.3, 0.4) is 0 Å². The van der Waals surface area contributed by atoms with Crippen LogP contribution in [0, 0.1) is 0 Å². The lowest BCUT2D eigenvalue weighted by molar-refractivity contribution is 1.31. The van der Waals surface area contributed by atoms with Crippen molar-refractivity contribution in [2.45, 2.75) is 0 Å². The Labute approximate surface area is 174 Å². The highest BCUT2D eigenvalue weighted by atomic mass is 14.8. The normalized spacial score (nSPS) is 11.3. The average Bonchev–Trinajstić information content (AvgIpc) is 2.84. The van der Waals surface area contributed by atoms with E-state index >= 15 is 0 Å². The van der Waals surface area contributed by atoms with Crippen LogP contribution in [0.15, 0.2) is 109 Å². The summed E-state index contributed by atoms with van der Waals surface area (Å²) >= 11 is 0. The molecule has 0 N–H and O–H groups in total. The first-order valence-corrected chi connectivity index (χ1v) is 10.1. The Balaban J connectivity index is 1.68. The molecule has 140 valence electrons. The highest BCUT2D eigenvalue weighted by molar-refractivity contribution is 6.23. The van der Waals surface area contributed by atoms with Crippen molar-refractivity contribution in [1.29, 1.82) is 0 Å². The number of aromatic nitrogens is 2. The van der Waals surface area contributed by atoms with Crippen LogP contribution in [-0.4, -0.2) is 9.97 Å². The average molecular weight is 382 g/mol. The second-order valence-corrected chi connectivity index (χ2v) is 7.46. The quantitative estimate of drug-likeness (QED) is 0.294. The van der Waals surface area contributed by atoms with Gasteiger partial charge in [-0.25, -0.2) is 4.98 Å². The van der Waals surface area contributed by atoms with Gasteiger partial charge in [-0.2, -0.15) is 0 Å². The SMILES string of the molecule is c1ccc(-c2ccccc2-c2cnc3c4ccccc4c4ccccc4c3n2)cc1. The lowest BCUT2D eigenvalue weighted by atomic mass is 9.97. The van der Waals surface area contributed by atoms with Crippen LogP contribution in [-0.2, 0) is 0 Å². The molecule has 0 aliphatic rings. The molecule has 0 fully saturated rings. The Kier molecular flexibility index (Phi) is 3.82. The highest BCUT2D eigenvalue weighted by Crippen LogP contribution is 2.36. The van der Waals surface area contributed by atoms with Crippen LogP contribution in [0.25, 0.3) is 55.0 Å². The third-order valence-electron chi connectivity index (χ3n) is 5.71. The van der Waals surface area contributed by atoms with Gasteiger partial charge in [-0.15, -0.1) is 0 Å². The van der Waals surface area contributed by atoms with E-state index in [2.05, 4.69) is 97.1 Å². The van der Waals surface area contributed by atoms with Crippen LogP contribution in [0.4, 0.5) is 0 Å². The van der Waals surface area contributed by atoms with Gasteiger partial charge in [0.25, 0.3) is 0 Å². The minimum atomic E-state index is 0.891. The van der Waals surface area contributed by atoms with Gasteiger partial charge in [0.05, 0.1) is 22.9 Å². The molecule has 0 saturated heterocycles. The van der Waals surface area contributed by atoms with Crippen molar-refractivity contribution in [3.05, 3.63) is 109 Å². The zero-order chi connectivity index (χ0) is 19.9. The molecule has 1 heterocycles. The van der Waals surface area contributed by atoms with Crippen molar-refractivity contribution < 1.29 is 0 Å². The summed E-state index contributed by atoms with van der Waals surface area (Å²) in [5.41, 5.74) is 6.22. The minimum Gasteiger partial charge on any atom is -0.252 e. The summed E-state index contributed by atoms with van der Waals surface area (Å²) in [7, 11) is 0. The third-order valence-corrected chi connectivity index (χ3v) is 5.71. The molecule has 1 aromatic heterocycles. The lowest BCUT2D eigenvalue weighted by Gasteiger charge is -2.12. The monoisotopic (exact) mass is 382 g/mol. The van der Waals surface area contributed by atoms with Gasteiger partial charge in [0.2, 0.25) is 0 Å². The predicted octanol–water partition coefficient (Wildman–Crippen LogP) is 7.27. The zero-order valence-corrected chi connectivity index (χ0v) is 16.3. The van der Waals surface area contributed by atoms with Crippen LogP contribution >= 0.6 is 0 Å². The molecule has 5 aromatic carbocycles. The number of hydrogen-bond donors (Lipinski definition) is 0. The molecule has 0 aliphatic carbocycles. The molecule has 0 radical (unpaired) electrons. The summed E-state index contributed by atoms with van der Waals surface area (Å²) < 4.78 is 0. The van der Waals surface area contributed by atoms with Crippen molar-refractivity contribution in [3.8, 4) is 22.4 Å². The minimum absolute atomic E-state index is 0.891. The van der Waals surface area contributed by atoms with Gasteiger partial charge in [-0.3, -0.25) is 4.98 Å². The van der Waals surface area contributed by atoms with Gasteiger partial charge in [0.15, 0.2) is 0 Å². The molecule has 0 amide bonds. The van der Waals surface area contributed by atoms with Crippen molar-refractivity contribution in [3.63, 3.8) is 0 Å². The number of hydrogen-bond acceptors (Lipinski definition) is 2. The van der Waals surface area contributed by atoms with E-state index in [0.717, 1.165) is 38.6 Å². The van der Waals surface area contributed by atoms with E-state index in [9.17, 15) is 0 Å². The molecule has 0 aliphatic heterocycles. The second kappa shape index (κ2) is 6.78. The Hall–Kier alpha value is -4.04. The Morgan fingerprint density at radius 2 is 0.967 bits per heavy atom. The topological polar surface area (TPSA) is 25.8 Å². The van der Waals surface area contributed by atoms with Crippen molar-refractivity contribution in [2.24, 2.45) is 0 Å². The number of rotatable bonds is 2. The summed E-state index contributed by atoms with van der Waals surface area (Å²) in [6, 6.07) is 35.8. The summed E-state index contributed by atoms with van der Waals surface area (Å²) in [6.45, 7) is 0. The molecule has 0 unspecified atom stereocenters. The fourth-order valence-electron chi connectivity index (χ4n) is 4.33. The van der Waals surface area contributed by atoms with Gasteiger partial charge in [0.1, 0.15) is 0 Å². The Morgan fingerprint density at radius 1 is 0.433 bits per heavy atom. The standard InChI is InChI=1S/C28H18N2/c1-2-10-19(11-3-1)20-12-4-7-15-23(20)26-18-29-27-24-16-8-5-13-21(24)22-14-6-9-17-25(22)28(27)30-26/h1-18H. The lowest BCUT2D eigenvalue weighted by Crippen LogP contribution is -1.93. The van der Waals surface area contributed by atoms with E-state index in [1.807, 2.05) is 12.3 Å². The molecule has 6 rings (SSSR count). The second-order valence-electron chi connectivity index (χ2n) is 7.46. The summed E-state index contributed by atoms with van der Waals surface area (Å²) in [5, 5.41) is 4.70. The van der Waals surface area contributed by atoms with E-state index in [0.29, 0.717) is 0 Å². The van der Waals surface area contributed by atoms with Crippen molar-refractivity contribution >= 4 is 32.6 Å². The molecule has 30 heavy (non-hydrogen) atoms. The first kappa shape index (κ1) is 16.9. The Bertz CT molecular complexity index is 1500. The molecule has 0 saturated carbocycles. The molecule has 0 atom stereocenters. The Morgan fingerprint density at radius 3 is 1.67 bits per heavy atom. The predicted molar refractivity (Wildman–Crippen MR) is 125 cm³/mol. The summed E-state index contributed by atoms with van der Waals surface area (Å²) in [6.07, 6.45) is 1.91. The van der Waals surface area contributed by atoms with E-state index in [4.69, 9.17) is 9.97 Å². The van der Waals surface area contributed by atoms with Crippen LogP contribution < -0.4 is 0 Å². The van der Waals surface area contributed by atoms with Crippen LogP contribution in [0.2, 0.25) is 0 Å². The number of fused-ring (bicyclic) bond motifs is 6. The van der Waals surface area contributed by atoms with Gasteiger partial charge in [-0.05, 0) is 21.9 Å². The van der Waals surface area contributed by atoms with E-state index in [-0.39, 0.29) is 0 Å². The third kappa shape index (κ3) is 2.58. The first-order chi connectivity index (χ1) is 14.9. The van der Waals surface area contributed by atoms with Gasteiger partial charge < -0.3 is 0 Å². The van der Waals surface area contributed by atoms with E-state index in [1.165, 1.54) is 16.3 Å². The molecule has 2 nitrogen and oxygen atoms in total. The molecule has 6 aromatic rings. The summed E-state index contributed by atoms with van der Waals surface area (Å²) in [5.74, 6) is 0. The smallest absolute Gasteiger partial charge is 0.0979 e. The van der Waals surface area contributed by atoms with Gasteiger partial charge in [-0.1, -0.05) is 103 Å². The maximum absolute atomic E-state index is 5.15. The van der Waals surface area contributed by atoms with E-state index in [1.54, 1.807) is 0 Å². The maximum Gasteiger partial charge on any atom is 0.0979 e. The van der Waals surface area contributed by atoms with Crippen molar-refractivity contribution in [1.82, 2.24) is 9.97 Å². The van der Waals surface area contributed by atoms with E-state index < -0.39 is 0 Å². The fourth-order valence-corrected chi connectivity index (χ4v) is 4.33. The molecular formula is C28H18N2. The van der Waals surface area contributed by atoms with Gasteiger partial charge in [0, 0.05) is 16.3 Å². The molecule has 2 heteroatoms. The largest absolute Gasteiger partial charge is 0.252 e. The fraction of sp³-hybridized carbons (Fsp3) is 0. The molecule has 0 bridgehead atoms. The molecule has 0 spiro atoms.